The number of nitrogens with one attached hydrogen (secondary N) is 1. The van der Waals surface area contributed by atoms with Gasteiger partial charge in [-0.05, 0) is 50.0 Å². The number of rotatable bonds is 6. The highest BCUT2D eigenvalue weighted by molar-refractivity contribution is 6.31. The molecule has 0 spiro atoms. The average molecular weight is 387 g/mol. The molecule has 7 heteroatoms. The van der Waals surface area contributed by atoms with Crippen molar-refractivity contribution in [1.29, 1.82) is 0 Å². The maximum absolute atomic E-state index is 13.5. The molecule has 3 aromatic rings. The van der Waals surface area contributed by atoms with Gasteiger partial charge in [-0.25, -0.2) is 9.37 Å². The third-order valence-electron chi connectivity index (χ3n) is 4.24. The summed E-state index contributed by atoms with van der Waals surface area (Å²) in [6.07, 6.45) is 4.88. The fourth-order valence-corrected chi connectivity index (χ4v) is 3.10. The van der Waals surface area contributed by atoms with Crippen LogP contribution in [0.2, 0.25) is 5.15 Å². The molecule has 3 rings (SSSR count). The number of benzene rings is 1. The molecule has 1 amide bonds. The first-order valence-electron chi connectivity index (χ1n) is 8.46. The lowest BCUT2D eigenvalue weighted by Gasteiger charge is -2.24. The predicted molar refractivity (Wildman–Crippen MR) is 105 cm³/mol. The van der Waals surface area contributed by atoms with Crippen LogP contribution in [-0.4, -0.2) is 40.8 Å². The molecule has 0 aliphatic carbocycles. The fraction of sp³-hybridized carbons (Fsp3) is 0.200. The zero-order valence-electron chi connectivity index (χ0n) is 15.1. The van der Waals surface area contributed by atoms with Gasteiger partial charge < -0.3 is 10.2 Å². The van der Waals surface area contributed by atoms with Crippen LogP contribution in [0.1, 0.15) is 17.3 Å². The van der Waals surface area contributed by atoms with E-state index in [1.165, 1.54) is 18.2 Å². The Morgan fingerprint density at radius 1 is 1.33 bits per heavy atom. The Bertz CT molecular complexity index is 983. The normalized spacial score (nSPS) is 12.8. The highest BCUT2D eigenvalue weighted by Crippen LogP contribution is 2.20. The smallest absolute Gasteiger partial charge is 0.244 e. The fourth-order valence-electron chi connectivity index (χ4n) is 2.86. The number of halogens is 2. The zero-order chi connectivity index (χ0) is 19.4. The van der Waals surface area contributed by atoms with Crippen LogP contribution in [0.15, 0.2) is 54.7 Å². The first kappa shape index (κ1) is 19.1. The van der Waals surface area contributed by atoms with E-state index in [0.717, 1.165) is 5.56 Å². The number of fused-ring (bicyclic) bond motifs is 1. The molecule has 5 nitrogen and oxygen atoms in total. The third-order valence-corrected chi connectivity index (χ3v) is 4.52. The predicted octanol–water partition coefficient (Wildman–Crippen LogP) is 3.56. The van der Waals surface area contributed by atoms with Crippen LogP contribution >= 0.6 is 11.6 Å². The van der Waals surface area contributed by atoms with Gasteiger partial charge in [0, 0.05) is 18.8 Å². The van der Waals surface area contributed by atoms with E-state index in [1.54, 1.807) is 12.1 Å². The van der Waals surface area contributed by atoms with Crippen molar-refractivity contribution >= 4 is 29.2 Å². The molecule has 1 N–H and O–H groups in total. The van der Waals surface area contributed by atoms with Crippen molar-refractivity contribution in [2.45, 2.75) is 6.04 Å². The summed E-state index contributed by atoms with van der Waals surface area (Å²) in [5.74, 6) is -0.562. The van der Waals surface area contributed by atoms with Crippen LogP contribution in [0, 0.1) is 5.82 Å². The number of pyridine rings is 1. The standard InChI is InChI=1S/C20H20ClFN4O/c1-25(2)17(14-6-5-7-15(22)12-14)13-23-19(27)10-9-16-20(21)24-18-8-3-4-11-26(16)18/h3-12,17H,13H2,1-2H3,(H,23,27)/b10-9+. The maximum Gasteiger partial charge on any atom is 0.244 e. The van der Waals surface area contributed by atoms with E-state index in [4.69, 9.17) is 11.6 Å². The summed E-state index contributed by atoms with van der Waals surface area (Å²) >= 11 is 6.16. The van der Waals surface area contributed by atoms with Crippen molar-refractivity contribution in [3.63, 3.8) is 0 Å². The van der Waals surface area contributed by atoms with Crippen LogP contribution in [0.5, 0.6) is 0 Å². The maximum atomic E-state index is 13.5. The second-order valence-corrected chi connectivity index (χ2v) is 6.69. The quantitative estimate of drug-likeness (QED) is 0.659. The van der Waals surface area contributed by atoms with E-state index in [-0.39, 0.29) is 17.8 Å². The minimum Gasteiger partial charge on any atom is -0.351 e. The highest BCUT2D eigenvalue weighted by atomic mass is 35.5. The van der Waals surface area contributed by atoms with Crippen LogP contribution in [-0.2, 0) is 4.79 Å². The van der Waals surface area contributed by atoms with E-state index in [9.17, 15) is 9.18 Å². The summed E-state index contributed by atoms with van der Waals surface area (Å²) in [6, 6.07) is 11.8. The van der Waals surface area contributed by atoms with Gasteiger partial charge in [-0.2, -0.15) is 0 Å². The molecular formula is C20H20ClFN4O. The van der Waals surface area contributed by atoms with Gasteiger partial charge in [0.15, 0.2) is 5.15 Å². The number of aromatic nitrogens is 2. The highest BCUT2D eigenvalue weighted by Gasteiger charge is 2.15. The van der Waals surface area contributed by atoms with Crippen molar-refractivity contribution in [1.82, 2.24) is 19.6 Å². The Labute approximate surface area is 162 Å². The summed E-state index contributed by atoms with van der Waals surface area (Å²) < 4.78 is 15.3. The number of amides is 1. The van der Waals surface area contributed by atoms with Gasteiger partial charge in [0.05, 0.1) is 11.7 Å². The summed E-state index contributed by atoms with van der Waals surface area (Å²) in [6.45, 7) is 0.348. The van der Waals surface area contributed by atoms with Crippen molar-refractivity contribution in [3.05, 3.63) is 77.0 Å². The number of likely N-dealkylation sites (N-methyl/N-ethyl adjacent to an activating group) is 1. The summed E-state index contributed by atoms with van der Waals surface area (Å²) in [4.78, 5) is 18.4. The second-order valence-electron chi connectivity index (χ2n) is 6.33. The Balaban J connectivity index is 1.69. The number of carbonyl (C=O) groups is 1. The molecule has 1 atom stereocenters. The van der Waals surface area contributed by atoms with Gasteiger partial charge in [0.25, 0.3) is 0 Å². The lowest BCUT2D eigenvalue weighted by Crippen LogP contribution is -2.33. The first-order chi connectivity index (χ1) is 13.0. The topological polar surface area (TPSA) is 49.6 Å². The molecule has 1 unspecified atom stereocenters. The van der Waals surface area contributed by atoms with Crippen molar-refractivity contribution in [2.24, 2.45) is 0 Å². The van der Waals surface area contributed by atoms with Gasteiger partial charge in [0.1, 0.15) is 11.5 Å². The van der Waals surface area contributed by atoms with Gasteiger partial charge >= 0.3 is 0 Å². The van der Waals surface area contributed by atoms with Gasteiger partial charge in [0.2, 0.25) is 5.91 Å². The second kappa shape index (κ2) is 8.33. The van der Waals surface area contributed by atoms with Crippen molar-refractivity contribution < 1.29 is 9.18 Å². The minimum absolute atomic E-state index is 0.141. The Morgan fingerprint density at radius 2 is 2.15 bits per heavy atom. The summed E-state index contributed by atoms with van der Waals surface area (Å²) in [5.41, 5.74) is 2.15. The Hall–Kier alpha value is -2.70. The van der Waals surface area contributed by atoms with Crippen molar-refractivity contribution in [2.75, 3.05) is 20.6 Å². The SMILES string of the molecule is CN(C)C(CNC(=O)/C=C/c1c(Cl)nc2ccccn12)c1cccc(F)c1. The molecule has 27 heavy (non-hydrogen) atoms. The largest absolute Gasteiger partial charge is 0.351 e. The van der Waals surface area contributed by atoms with Crippen molar-refractivity contribution in [3.8, 4) is 0 Å². The molecule has 0 aliphatic rings. The van der Waals surface area contributed by atoms with Gasteiger partial charge in [-0.1, -0.05) is 29.8 Å². The molecule has 0 saturated heterocycles. The van der Waals surface area contributed by atoms with Crippen LogP contribution in [0.4, 0.5) is 4.39 Å². The lowest BCUT2D eigenvalue weighted by molar-refractivity contribution is -0.116. The number of hydrogen-bond donors (Lipinski definition) is 1. The Kier molecular flexibility index (Phi) is 5.88. The molecule has 0 saturated carbocycles. The molecule has 1 aromatic carbocycles. The number of hydrogen-bond acceptors (Lipinski definition) is 3. The Morgan fingerprint density at radius 3 is 2.89 bits per heavy atom. The molecule has 0 aliphatic heterocycles. The molecule has 2 heterocycles. The first-order valence-corrected chi connectivity index (χ1v) is 8.84. The van der Waals surface area contributed by atoms with E-state index >= 15 is 0 Å². The van der Waals surface area contributed by atoms with Crippen LogP contribution < -0.4 is 5.32 Å². The van der Waals surface area contributed by atoms with E-state index in [1.807, 2.05) is 53.9 Å². The third kappa shape index (κ3) is 4.53. The van der Waals surface area contributed by atoms with E-state index < -0.39 is 0 Å². The molecule has 0 fully saturated rings. The van der Waals surface area contributed by atoms with Crippen LogP contribution in [0.25, 0.3) is 11.7 Å². The number of imidazole rings is 1. The minimum atomic E-state index is -0.298. The monoisotopic (exact) mass is 386 g/mol. The molecule has 2 aromatic heterocycles. The number of nitrogens with zero attached hydrogens (tertiary/aromatic N) is 3. The van der Waals surface area contributed by atoms with Crippen LogP contribution in [0.3, 0.4) is 0 Å². The molecular weight excluding hydrogens is 367 g/mol. The average Bonchev–Trinajstić information content (AvgIpc) is 2.95. The molecule has 0 bridgehead atoms. The van der Waals surface area contributed by atoms with Gasteiger partial charge in [-0.15, -0.1) is 0 Å². The summed E-state index contributed by atoms with van der Waals surface area (Å²) in [5, 5.41) is 3.18. The van der Waals surface area contributed by atoms with E-state index in [0.29, 0.717) is 23.0 Å². The van der Waals surface area contributed by atoms with E-state index in [2.05, 4.69) is 10.3 Å². The zero-order valence-corrected chi connectivity index (χ0v) is 15.8. The summed E-state index contributed by atoms with van der Waals surface area (Å²) in [7, 11) is 3.77. The lowest BCUT2D eigenvalue weighted by atomic mass is 10.1. The molecule has 140 valence electrons. The molecule has 0 radical (unpaired) electrons. The van der Waals surface area contributed by atoms with Gasteiger partial charge in [-0.3, -0.25) is 9.20 Å². The number of carbonyl (C=O) groups excluding carboxylic acids is 1.